The average Bonchev–Trinajstić information content (AvgIpc) is 2.37. The van der Waals surface area contributed by atoms with E-state index in [4.69, 9.17) is 5.26 Å². The minimum Gasteiger partial charge on any atom is -0.242 e. The van der Waals surface area contributed by atoms with E-state index in [1.807, 2.05) is 0 Å². The van der Waals surface area contributed by atoms with E-state index < -0.39 is 17.7 Å². The molecular weight excluding hydrogens is 260 g/mol. The van der Waals surface area contributed by atoms with Gasteiger partial charge < -0.3 is 0 Å². The topological polar surface area (TPSA) is 36.7 Å². The van der Waals surface area contributed by atoms with Crippen molar-refractivity contribution >= 4 is 0 Å². The molecule has 1 aromatic carbocycles. The van der Waals surface area contributed by atoms with Crippen LogP contribution in [0, 0.1) is 17.1 Å². The SMILES string of the molecule is N#Cc1ccc(C(F)(F)F)nc1-c1cccc(F)c1. The average molecular weight is 266 g/mol. The third-order valence-electron chi connectivity index (χ3n) is 2.40. The van der Waals surface area contributed by atoms with Crippen LogP contribution in [0.15, 0.2) is 36.4 Å². The fourth-order valence-corrected chi connectivity index (χ4v) is 1.56. The molecule has 0 spiro atoms. The van der Waals surface area contributed by atoms with Crippen molar-refractivity contribution in [2.45, 2.75) is 6.18 Å². The number of halogens is 4. The standard InChI is InChI=1S/C13H6F4N2/c14-10-3-1-2-8(6-10)12-9(7-18)4-5-11(19-12)13(15,16)17/h1-6H. The summed E-state index contributed by atoms with van der Waals surface area (Å²) < 4.78 is 50.8. The highest BCUT2D eigenvalue weighted by molar-refractivity contribution is 5.66. The molecule has 0 saturated carbocycles. The van der Waals surface area contributed by atoms with Crippen molar-refractivity contribution in [3.8, 4) is 17.3 Å². The number of alkyl halides is 3. The lowest BCUT2D eigenvalue weighted by Crippen LogP contribution is -2.09. The van der Waals surface area contributed by atoms with Gasteiger partial charge in [0.25, 0.3) is 0 Å². The summed E-state index contributed by atoms with van der Waals surface area (Å²) in [5, 5.41) is 8.88. The molecule has 0 radical (unpaired) electrons. The summed E-state index contributed by atoms with van der Waals surface area (Å²) in [5.74, 6) is -0.611. The highest BCUT2D eigenvalue weighted by Gasteiger charge is 2.33. The molecule has 6 heteroatoms. The highest BCUT2D eigenvalue weighted by atomic mass is 19.4. The van der Waals surface area contributed by atoms with Crippen molar-refractivity contribution in [1.29, 1.82) is 5.26 Å². The van der Waals surface area contributed by atoms with Crippen molar-refractivity contribution in [3.63, 3.8) is 0 Å². The van der Waals surface area contributed by atoms with Crippen LogP contribution in [0.25, 0.3) is 11.3 Å². The normalized spacial score (nSPS) is 11.1. The summed E-state index contributed by atoms with van der Waals surface area (Å²) in [6.45, 7) is 0. The van der Waals surface area contributed by atoms with Gasteiger partial charge in [0.1, 0.15) is 17.6 Å². The fraction of sp³-hybridized carbons (Fsp3) is 0.0769. The number of nitrogens with zero attached hydrogens (tertiary/aromatic N) is 2. The highest BCUT2D eigenvalue weighted by Crippen LogP contribution is 2.31. The molecule has 1 aromatic heterocycles. The molecule has 1 heterocycles. The van der Waals surface area contributed by atoms with Crippen LogP contribution >= 0.6 is 0 Å². The van der Waals surface area contributed by atoms with E-state index in [9.17, 15) is 17.6 Å². The van der Waals surface area contributed by atoms with Crippen LogP contribution in [0.2, 0.25) is 0 Å². The zero-order valence-electron chi connectivity index (χ0n) is 9.37. The summed E-state index contributed by atoms with van der Waals surface area (Å²) in [7, 11) is 0. The van der Waals surface area contributed by atoms with E-state index in [2.05, 4.69) is 4.98 Å². The van der Waals surface area contributed by atoms with Gasteiger partial charge in [0.15, 0.2) is 0 Å². The molecule has 2 aromatic rings. The molecule has 0 atom stereocenters. The predicted octanol–water partition coefficient (Wildman–Crippen LogP) is 3.78. The Bertz CT molecular complexity index is 656. The van der Waals surface area contributed by atoms with Gasteiger partial charge in [0, 0.05) is 5.56 Å². The van der Waals surface area contributed by atoms with Crippen LogP contribution in [-0.4, -0.2) is 4.98 Å². The van der Waals surface area contributed by atoms with Crippen LogP contribution in [0.3, 0.4) is 0 Å². The fourth-order valence-electron chi connectivity index (χ4n) is 1.56. The summed E-state index contributed by atoms with van der Waals surface area (Å²) >= 11 is 0. The van der Waals surface area contributed by atoms with Crippen molar-refractivity contribution < 1.29 is 17.6 Å². The van der Waals surface area contributed by atoms with E-state index in [0.717, 1.165) is 24.3 Å². The maximum atomic E-state index is 13.1. The molecule has 0 amide bonds. The Kier molecular flexibility index (Phi) is 3.21. The molecule has 2 rings (SSSR count). The van der Waals surface area contributed by atoms with E-state index in [1.54, 1.807) is 6.07 Å². The Morgan fingerprint density at radius 3 is 2.42 bits per heavy atom. The summed E-state index contributed by atoms with van der Waals surface area (Å²) in [6.07, 6.45) is -4.62. The molecule has 0 aliphatic rings. The van der Waals surface area contributed by atoms with Gasteiger partial charge >= 0.3 is 6.18 Å². The third kappa shape index (κ3) is 2.71. The molecule has 0 aliphatic carbocycles. The predicted molar refractivity (Wildman–Crippen MR) is 59.3 cm³/mol. The first kappa shape index (κ1) is 13.0. The van der Waals surface area contributed by atoms with Crippen molar-refractivity contribution in [2.24, 2.45) is 0 Å². The maximum Gasteiger partial charge on any atom is 0.433 e. The lowest BCUT2D eigenvalue weighted by Gasteiger charge is -2.09. The van der Waals surface area contributed by atoms with Gasteiger partial charge in [-0.05, 0) is 24.3 Å². The summed E-state index contributed by atoms with van der Waals surface area (Å²) in [6, 6.07) is 8.41. The zero-order valence-corrected chi connectivity index (χ0v) is 9.37. The van der Waals surface area contributed by atoms with E-state index in [1.165, 1.54) is 12.1 Å². The molecule has 0 fully saturated rings. The van der Waals surface area contributed by atoms with Gasteiger partial charge in [-0.1, -0.05) is 12.1 Å². The van der Waals surface area contributed by atoms with Gasteiger partial charge in [0.2, 0.25) is 0 Å². The first-order valence-electron chi connectivity index (χ1n) is 5.16. The third-order valence-corrected chi connectivity index (χ3v) is 2.40. The molecule has 0 bridgehead atoms. The van der Waals surface area contributed by atoms with Gasteiger partial charge in [0.05, 0.1) is 11.3 Å². The van der Waals surface area contributed by atoms with Crippen molar-refractivity contribution in [3.05, 3.63) is 53.5 Å². The Hall–Kier alpha value is -2.42. The molecule has 0 saturated heterocycles. The van der Waals surface area contributed by atoms with Gasteiger partial charge in [-0.25, -0.2) is 9.37 Å². The first-order chi connectivity index (χ1) is 8.91. The lowest BCUT2D eigenvalue weighted by molar-refractivity contribution is -0.141. The largest absolute Gasteiger partial charge is 0.433 e. The van der Waals surface area contributed by atoms with Crippen LogP contribution in [0.4, 0.5) is 17.6 Å². The molecule has 0 aliphatic heterocycles. The van der Waals surface area contributed by atoms with Crippen LogP contribution in [-0.2, 0) is 6.18 Å². The molecule has 0 N–H and O–H groups in total. The molecular formula is C13H6F4N2. The smallest absolute Gasteiger partial charge is 0.242 e. The van der Waals surface area contributed by atoms with Crippen LogP contribution in [0.5, 0.6) is 0 Å². The Morgan fingerprint density at radius 2 is 1.84 bits per heavy atom. The minimum atomic E-state index is -4.62. The van der Waals surface area contributed by atoms with Crippen LogP contribution in [0.1, 0.15) is 11.3 Å². The monoisotopic (exact) mass is 266 g/mol. The zero-order chi connectivity index (χ0) is 14.0. The number of hydrogen-bond acceptors (Lipinski definition) is 2. The molecule has 0 unspecified atom stereocenters. The Morgan fingerprint density at radius 1 is 1.11 bits per heavy atom. The second-order valence-electron chi connectivity index (χ2n) is 3.71. The van der Waals surface area contributed by atoms with Crippen molar-refractivity contribution in [1.82, 2.24) is 4.98 Å². The van der Waals surface area contributed by atoms with Crippen molar-refractivity contribution in [2.75, 3.05) is 0 Å². The van der Waals surface area contributed by atoms with E-state index in [0.29, 0.717) is 0 Å². The quantitative estimate of drug-likeness (QED) is 0.736. The second-order valence-corrected chi connectivity index (χ2v) is 3.71. The summed E-state index contributed by atoms with van der Waals surface area (Å²) in [4.78, 5) is 3.41. The first-order valence-corrected chi connectivity index (χ1v) is 5.16. The maximum absolute atomic E-state index is 13.1. The van der Waals surface area contributed by atoms with Crippen LogP contribution < -0.4 is 0 Å². The minimum absolute atomic E-state index is 0.0430. The molecule has 96 valence electrons. The summed E-state index contributed by atoms with van der Waals surface area (Å²) in [5.41, 5.74) is -1.22. The number of rotatable bonds is 1. The molecule has 2 nitrogen and oxygen atoms in total. The Labute approximate surface area is 105 Å². The van der Waals surface area contributed by atoms with E-state index >= 15 is 0 Å². The number of aromatic nitrogens is 1. The second kappa shape index (κ2) is 4.69. The Balaban J connectivity index is 2.64. The molecule has 19 heavy (non-hydrogen) atoms. The number of benzene rings is 1. The number of pyridine rings is 1. The number of nitriles is 1. The van der Waals surface area contributed by atoms with Gasteiger partial charge in [-0.2, -0.15) is 18.4 Å². The number of hydrogen-bond donors (Lipinski definition) is 0. The lowest BCUT2D eigenvalue weighted by atomic mass is 10.1. The van der Waals surface area contributed by atoms with Gasteiger partial charge in [-0.15, -0.1) is 0 Å². The van der Waals surface area contributed by atoms with E-state index in [-0.39, 0.29) is 16.8 Å². The van der Waals surface area contributed by atoms with Gasteiger partial charge in [-0.3, -0.25) is 0 Å².